The van der Waals surface area contributed by atoms with Crippen molar-refractivity contribution >= 4 is 34.3 Å². The number of ether oxygens (including phenoxy) is 2. The summed E-state index contributed by atoms with van der Waals surface area (Å²) in [5, 5.41) is 19.6. The Morgan fingerprint density at radius 3 is 2.88 bits per heavy atom. The molecule has 26 heavy (non-hydrogen) atoms. The first kappa shape index (κ1) is 17.6. The molecule has 0 fully saturated rings. The Hall–Kier alpha value is -3.17. The number of fused-ring (bicyclic) bond motifs is 1. The molecule has 3 rings (SSSR count). The molecule has 0 bridgehead atoms. The SMILES string of the molecule is CCOc1cc(/C=C(/C#N)c2nc3ccc(OC)cc3[nH]2)cc(Cl)c1O. The van der Waals surface area contributed by atoms with Crippen molar-refractivity contribution in [3.63, 3.8) is 0 Å². The second-order valence-electron chi connectivity index (χ2n) is 5.42. The Bertz CT molecular complexity index is 1030. The van der Waals surface area contributed by atoms with Crippen molar-refractivity contribution in [1.29, 1.82) is 5.26 Å². The van der Waals surface area contributed by atoms with Crippen LogP contribution in [0.5, 0.6) is 17.2 Å². The van der Waals surface area contributed by atoms with Gasteiger partial charge >= 0.3 is 0 Å². The zero-order valence-corrected chi connectivity index (χ0v) is 15.0. The minimum absolute atomic E-state index is 0.125. The fourth-order valence-electron chi connectivity index (χ4n) is 2.51. The van der Waals surface area contributed by atoms with Gasteiger partial charge in [-0.1, -0.05) is 11.6 Å². The molecule has 0 amide bonds. The highest BCUT2D eigenvalue weighted by molar-refractivity contribution is 6.32. The summed E-state index contributed by atoms with van der Waals surface area (Å²) in [6.07, 6.45) is 1.63. The summed E-state index contributed by atoms with van der Waals surface area (Å²) in [7, 11) is 1.59. The molecule has 0 aliphatic carbocycles. The Labute approximate surface area is 155 Å². The van der Waals surface area contributed by atoms with Crippen molar-refractivity contribution in [3.05, 3.63) is 46.7 Å². The van der Waals surface area contributed by atoms with E-state index in [1.165, 1.54) is 0 Å². The van der Waals surface area contributed by atoms with Gasteiger partial charge in [-0.3, -0.25) is 0 Å². The minimum atomic E-state index is -0.125. The molecule has 0 aliphatic rings. The number of imidazole rings is 1. The number of hydrogen-bond donors (Lipinski definition) is 2. The van der Waals surface area contributed by atoms with E-state index in [0.29, 0.717) is 29.3 Å². The molecule has 0 unspecified atom stereocenters. The zero-order valence-electron chi connectivity index (χ0n) is 14.2. The molecule has 0 spiro atoms. The molecular formula is C19H16ClN3O3. The molecule has 2 N–H and O–H groups in total. The van der Waals surface area contributed by atoms with E-state index >= 15 is 0 Å². The second kappa shape index (κ2) is 7.38. The number of hydrogen-bond acceptors (Lipinski definition) is 5. The van der Waals surface area contributed by atoms with Crippen molar-refractivity contribution in [1.82, 2.24) is 9.97 Å². The van der Waals surface area contributed by atoms with Crippen LogP contribution in [0.25, 0.3) is 22.7 Å². The Morgan fingerprint density at radius 2 is 2.19 bits per heavy atom. The maximum Gasteiger partial charge on any atom is 0.176 e. The van der Waals surface area contributed by atoms with Crippen LogP contribution in [-0.4, -0.2) is 28.8 Å². The second-order valence-corrected chi connectivity index (χ2v) is 5.83. The third-order valence-electron chi connectivity index (χ3n) is 3.73. The summed E-state index contributed by atoms with van der Waals surface area (Å²) in [5.74, 6) is 1.26. The van der Waals surface area contributed by atoms with Gasteiger partial charge in [-0.2, -0.15) is 5.26 Å². The highest BCUT2D eigenvalue weighted by Gasteiger charge is 2.12. The van der Waals surface area contributed by atoms with Gasteiger partial charge in [0.25, 0.3) is 0 Å². The largest absolute Gasteiger partial charge is 0.503 e. The average Bonchev–Trinajstić information content (AvgIpc) is 3.06. The molecule has 132 valence electrons. The molecular weight excluding hydrogens is 354 g/mol. The van der Waals surface area contributed by atoms with Gasteiger partial charge in [0.15, 0.2) is 11.5 Å². The number of H-pyrrole nitrogens is 1. The number of rotatable bonds is 5. The molecule has 0 aliphatic heterocycles. The van der Waals surface area contributed by atoms with Crippen molar-refractivity contribution in [2.45, 2.75) is 6.92 Å². The maximum atomic E-state index is 9.93. The summed E-state index contributed by atoms with van der Waals surface area (Å²) in [4.78, 5) is 7.55. The van der Waals surface area contributed by atoms with Gasteiger partial charge in [0.1, 0.15) is 17.6 Å². The number of benzene rings is 2. The van der Waals surface area contributed by atoms with Gasteiger partial charge in [0.05, 0.1) is 35.3 Å². The summed E-state index contributed by atoms with van der Waals surface area (Å²) in [6, 6.07) is 10.7. The zero-order chi connectivity index (χ0) is 18.7. The van der Waals surface area contributed by atoms with Crippen molar-refractivity contribution in [2.24, 2.45) is 0 Å². The van der Waals surface area contributed by atoms with E-state index in [2.05, 4.69) is 16.0 Å². The molecule has 0 radical (unpaired) electrons. The van der Waals surface area contributed by atoms with Crippen LogP contribution in [0.15, 0.2) is 30.3 Å². The smallest absolute Gasteiger partial charge is 0.176 e. The first-order chi connectivity index (χ1) is 12.5. The number of allylic oxidation sites excluding steroid dienone is 1. The van der Waals surface area contributed by atoms with E-state index in [-0.39, 0.29) is 16.5 Å². The minimum Gasteiger partial charge on any atom is -0.503 e. The van der Waals surface area contributed by atoms with Gasteiger partial charge < -0.3 is 19.6 Å². The predicted octanol–water partition coefficient (Wildman–Crippen LogP) is 4.39. The average molecular weight is 370 g/mol. The third-order valence-corrected chi connectivity index (χ3v) is 4.01. The number of aromatic amines is 1. The van der Waals surface area contributed by atoms with Gasteiger partial charge in [0, 0.05) is 6.07 Å². The van der Waals surface area contributed by atoms with Gasteiger partial charge in [-0.25, -0.2) is 4.98 Å². The van der Waals surface area contributed by atoms with Crippen LogP contribution < -0.4 is 9.47 Å². The lowest BCUT2D eigenvalue weighted by Gasteiger charge is -2.08. The summed E-state index contributed by atoms with van der Waals surface area (Å²) < 4.78 is 10.6. The van der Waals surface area contributed by atoms with Crippen LogP contribution in [0.1, 0.15) is 18.3 Å². The van der Waals surface area contributed by atoms with E-state index in [1.807, 2.05) is 12.1 Å². The van der Waals surface area contributed by atoms with Gasteiger partial charge in [0.2, 0.25) is 0 Å². The van der Waals surface area contributed by atoms with Crippen LogP contribution in [0.2, 0.25) is 5.02 Å². The van der Waals surface area contributed by atoms with Gasteiger partial charge in [-0.05, 0) is 42.8 Å². The van der Waals surface area contributed by atoms with Crippen molar-refractivity contribution in [2.75, 3.05) is 13.7 Å². The summed E-state index contributed by atoms with van der Waals surface area (Å²) in [5.41, 5.74) is 2.43. The topological polar surface area (TPSA) is 91.2 Å². The molecule has 0 saturated heterocycles. The molecule has 1 aromatic heterocycles. The first-order valence-electron chi connectivity index (χ1n) is 7.87. The first-order valence-corrected chi connectivity index (χ1v) is 8.24. The highest BCUT2D eigenvalue weighted by Crippen LogP contribution is 2.36. The lowest BCUT2D eigenvalue weighted by Crippen LogP contribution is -1.93. The number of aromatic hydroxyl groups is 1. The van der Waals surface area contributed by atoms with E-state index in [4.69, 9.17) is 21.1 Å². The highest BCUT2D eigenvalue weighted by atomic mass is 35.5. The fraction of sp³-hybridized carbons (Fsp3) is 0.158. The van der Waals surface area contributed by atoms with Crippen molar-refractivity contribution < 1.29 is 14.6 Å². The van der Waals surface area contributed by atoms with Crippen LogP contribution in [-0.2, 0) is 0 Å². The molecule has 7 heteroatoms. The number of halogens is 1. The van der Waals surface area contributed by atoms with Crippen LogP contribution >= 0.6 is 11.6 Å². The number of methoxy groups -OCH3 is 1. The lowest BCUT2D eigenvalue weighted by atomic mass is 10.1. The number of phenolic OH excluding ortho intramolecular Hbond substituents is 1. The number of nitriles is 1. The molecule has 0 saturated carbocycles. The Kier molecular flexibility index (Phi) is 5.01. The molecule has 2 aromatic carbocycles. The van der Waals surface area contributed by atoms with E-state index in [9.17, 15) is 10.4 Å². The van der Waals surface area contributed by atoms with Gasteiger partial charge in [-0.15, -0.1) is 0 Å². The molecule has 3 aromatic rings. The number of nitrogens with one attached hydrogen (secondary N) is 1. The normalized spacial score (nSPS) is 11.4. The quantitative estimate of drug-likeness (QED) is 0.650. The van der Waals surface area contributed by atoms with E-state index < -0.39 is 0 Å². The van der Waals surface area contributed by atoms with Crippen LogP contribution in [0.3, 0.4) is 0 Å². The summed E-state index contributed by atoms with van der Waals surface area (Å²) in [6.45, 7) is 2.19. The number of nitrogens with zero attached hydrogens (tertiary/aromatic N) is 2. The Morgan fingerprint density at radius 1 is 1.38 bits per heavy atom. The molecule has 1 heterocycles. The summed E-state index contributed by atoms with van der Waals surface area (Å²) >= 11 is 6.05. The molecule has 0 atom stereocenters. The van der Waals surface area contributed by atoms with E-state index in [1.54, 1.807) is 38.3 Å². The molecule has 6 nitrogen and oxygen atoms in total. The Balaban J connectivity index is 2.05. The lowest BCUT2D eigenvalue weighted by molar-refractivity contribution is 0.318. The van der Waals surface area contributed by atoms with Crippen LogP contribution in [0.4, 0.5) is 0 Å². The number of aromatic nitrogens is 2. The monoisotopic (exact) mass is 369 g/mol. The van der Waals surface area contributed by atoms with Crippen molar-refractivity contribution in [3.8, 4) is 23.3 Å². The third kappa shape index (κ3) is 3.44. The van der Waals surface area contributed by atoms with E-state index in [0.717, 1.165) is 11.0 Å². The predicted molar refractivity (Wildman–Crippen MR) is 100 cm³/mol. The fourth-order valence-corrected chi connectivity index (χ4v) is 2.73. The standard InChI is InChI=1S/C19H16ClN3O3/c1-3-26-17-8-11(7-14(20)18(17)24)6-12(10-21)19-22-15-5-4-13(25-2)9-16(15)23-19/h4-9,24H,3H2,1-2H3,(H,22,23)/b12-6-. The maximum absolute atomic E-state index is 9.93. The number of phenols is 1. The van der Waals surface area contributed by atoms with Crippen LogP contribution in [0, 0.1) is 11.3 Å².